The topological polar surface area (TPSA) is 24.8 Å². The monoisotopic (exact) mass is 240 g/mol. The van der Waals surface area contributed by atoms with Crippen molar-refractivity contribution in [1.82, 2.24) is 5.01 Å². The molecule has 1 rings (SSSR count). The zero-order valence-corrected chi connectivity index (χ0v) is 10.7. The van der Waals surface area contributed by atoms with Gasteiger partial charge in [0, 0.05) is 14.1 Å². The molecule has 1 aromatic carbocycles. The molecule has 0 saturated heterocycles. The number of hydrogen-bond donors (Lipinski definition) is 0. The Morgan fingerprint density at radius 2 is 2.19 bits per heavy atom. The zero-order chi connectivity index (χ0) is 12.0. The summed E-state index contributed by atoms with van der Waals surface area (Å²) in [7, 11) is 3.74. The number of nitrogens with zero attached hydrogens (tertiary/aromatic N) is 2. The fourth-order valence-corrected chi connectivity index (χ4v) is 1.35. The molecular weight excluding hydrogens is 224 g/mol. The third kappa shape index (κ3) is 4.11. The lowest BCUT2D eigenvalue weighted by atomic mass is 10.2. The van der Waals surface area contributed by atoms with Gasteiger partial charge in [-0.1, -0.05) is 18.5 Å². The number of hydrogen-bond acceptors (Lipinski definition) is 3. The summed E-state index contributed by atoms with van der Waals surface area (Å²) in [5, 5.41) is 6.49. The van der Waals surface area contributed by atoms with Crippen molar-refractivity contribution in [3.8, 4) is 5.75 Å². The van der Waals surface area contributed by atoms with E-state index in [4.69, 9.17) is 16.3 Å². The van der Waals surface area contributed by atoms with Crippen LogP contribution in [0.1, 0.15) is 18.9 Å². The average Bonchev–Trinajstić information content (AvgIpc) is 2.25. The molecule has 0 spiro atoms. The molecule has 0 unspecified atom stereocenters. The van der Waals surface area contributed by atoms with Crippen molar-refractivity contribution >= 4 is 17.8 Å². The minimum Gasteiger partial charge on any atom is -0.492 e. The maximum absolute atomic E-state index is 6.08. The normalized spacial score (nSPS) is 10.8. The van der Waals surface area contributed by atoms with E-state index >= 15 is 0 Å². The lowest BCUT2D eigenvalue weighted by Crippen LogP contribution is -2.02. The minimum atomic E-state index is 0.621. The Labute approximate surface area is 102 Å². The van der Waals surface area contributed by atoms with E-state index in [1.54, 1.807) is 11.2 Å². The van der Waals surface area contributed by atoms with Crippen LogP contribution in [0.5, 0.6) is 5.75 Å². The summed E-state index contributed by atoms with van der Waals surface area (Å²) in [4.78, 5) is 0. The summed E-state index contributed by atoms with van der Waals surface area (Å²) < 4.78 is 5.48. The molecule has 0 radical (unpaired) electrons. The van der Waals surface area contributed by atoms with Crippen molar-refractivity contribution in [2.45, 2.75) is 13.3 Å². The van der Waals surface area contributed by atoms with Crippen molar-refractivity contribution < 1.29 is 4.74 Å². The predicted octanol–water partition coefficient (Wildman–Crippen LogP) is 3.02. The molecule has 0 fully saturated rings. The van der Waals surface area contributed by atoms with E-state index in [-0.39, 0.29) is 0 Å². The van der Waals surface area contributed by atoms with Gasteiger partial charge in [-0.25, -0.2) is 0 Å². The van der Waals surface area contributed by atoms with Gasteiger partial charge in [-0.05, 0) is 30.2 Å². The molecule has 0 aromatic heterocycles. The van der Waals surface area contributed by atoms with Crippen LogP contribution in [-0.2, 0) is 0 Å². The van der Waals surface area contributed by atoms with Gasteiger partial charge in [-0.15, -0.1) is 0 Å². The molecule has 0 aliphatic carbocycles. The van der Waals surface area contributed by atoms with Gasteiger partial charge in [0.25, 0.3) is 0 Å². The maximum Gasteiger partial charge on any atom is 0.137 e. The van der Waals surface area contributed by atoms with Crippen LogP contribution in [0.4, 0.5) is 0 Å². The van der Waals surface area contributed by atoms with Crippen molar-refractivity contribution in [3.05, 3.63) is 28.8 Å². The lowest BCUT2D eigenvalue weighted by Gasteiger charge is -2.07. The third-order valence-electron chi connectivity index (χ3n) is 1.86. The standard InChI is InChI=1S/C12H17ClN2O/c1-4-7-16-12-6-5-10(8-11(12)13)9-14-15(2)3/h5-6,8-9H,4,7H2,1-3H3/b14-9+. The van der Waals surface area contributed by atoms with Crippen molar-refractivity contribution in [2.24, 2.45) is 5.10 Å². The fourth-order valence-electron chi connectivity index (χ4n) is 1.11. The molecule has 0 amide bonds. The van der Waals surface area contributed by atoms with Gasteiger partial charge in [-0.3, -0.25) is 0 Å². The summed E-state index contributed by atoms with van der Waals surface area (Å²) in [5.41, 5.74) is 0.961. The molecule has 0 N–H and O–H groups in total. The van der Waals surface area contributed by atoms with Gasteiger partial charge in [0.05, 0.1) is 17.8 Å². The highest BCUT2D eigenvalue weighted by Gasteiger charge is 2.01. The van der Waals surface area contributed by atoms with E-state index in [0.717, 1.165) is 17.7 Å². The zero-order valence-electron chi connectivity index (χ0n) is 9.90. The number of hydrazone groups is 1. The average molecular weight is 241 g/mol. The van der Waals surface area contributed by atoms with Gasteiger partial charge in [0.1, 0.15) is 5.75 Å². The first-order chi connectivity index (χ1) is 7.63. The van der Waals surface area contributed by atoms with Crippen LogP contribution in [0.2, 0.25) is 5.02 Å². The Balaban J connectivity index is 2.74. The number of halogens is 1. The summed E-state index contributed by atoms with van der Waals surface area (Å²) >= 11 is 6.08. The second-order valence-electron chi connectivity index (χ2n) is 3.63. The van der Waals surface area contributed by atoms with Crippen molar-refractivity contribution in [3.63, 3.8) is 0 Å². The van der Waals surface area contributed by atoms with Gasteiger partial charge in [0.2, 0.25) is 0 Å². The van der Waals surface area contributed by atoms with Gasteiger partial charge < -0.3 is 9.75 Å². The highest BCUT2D eigenvalue weighted by Crippen LogP contribution is 2.24. The molecule has 3 nitrogen and oxygen atoms in total. The molecular formula is C12H17ClN2O. The second kappa shape index (κ2) is 6.38. The first kappa shape index (κ1) is 12.8. The molecule has 0 atom stereocenters. The van der Waals surface area contributed by atoms with Crippen LogP contribution in [0.15, 0.2) is 23.3 Å². The summed E-state index contributed by atoms with van der Waals surface area (Å²) in [6, 6.07) is 5.65. The molecule has 0 aliphatic rings. The third-order valence-corrected chi connectivity index (χ3v) is 2.15. The predicted molar refractivity (Wildman–Crippen MR) is 68.5 cm³/mol. The van der Waals surface area contributed by atoms with Gasteiger partial charge >= 0.3 is 0 Å². The number of benzene rings is 1. The Morgan fingerprint density at radius 1 is 1.44 bits per heavy atom. The van der Waals surface area contributed by atoms with Crippen LogP contribution >= 0.6 is 11.6 Å². The summed E-state index contributed by atoms with van der Waals surface area (Å²) in [5.74, 6) is 0.727. The number of ether oxygens (including phenoxy) is 1. The summed E-state index contributed by atoms with van der Waals surface area (Å²) in [6.07, 6.45) is 2.73. The Bertz CT molecular complexity index is 364. The van der Waals surface area contributed by atoms with E-state index in [1.807, 2.05) is 32.3 Å². The fraction of sp³-hybridized carbons (Fsp3) is 0.417. The van der Waals surface area contributed by atoms with E-state index in [2.05, 4.69) is 12.0 Å². The first-order valence-corrected chi connectivity index (χ1v) is 5.65. The largest absolute Gasteiger partial charge is 0.492 e. The van der Waals surface area contributed by atoms with Crippen LogP contribution in [0, 0.1) is 0 Å². The van der Waals surface area contributed by atoms with Crippen LogP contribution in [-0.4, -0.2) is 31.9 Å². The lowest BCUT2D eigenvalue weighted by molar-refractivity contribution is 0.317. The Hall–Kier alpha value is -1.22. The molecule has 1 aromatic rings. The Kier molecular flexibility index (Phi) is 5.12. The molecule has 16 heavy (non-hydrogen) atoms. The molecule has 0 aliphatic heterocycles. The smallest absolute Gasteiger partial charge is 0.137 e. The second-order valence-corrected chi connectivity index (χ2v) is 4.04. The van der Waals surface area contributed by atoms with Crippen molar-refractivity contribution in [2.75, 3.05) is 20.7 Å². The minimum absolute atomic E-state index is 0.621. The summed E-state index contributed by atoms with van der Waals surface area (Å²) in [6.45, 7) is 2.75. The first-order valence-electron chi connectivity index (χ1n) is 5.27. The molecule has 0 saturated carbocycles. The molecule has 4 heteroatoms. The Morgan fingerprint density at radius 3 is 2.75 bits per heavy atom. The van der Waals surface area contributed by atoms with Crippen LogP contribution in [0.3, 0.4) is 0 Å². The molecule has 0 bridgehead atoms. The van der Waals surface area contributed by atoms with E-state index in [1.165, 1.54) is 0 Å². The van der Waals surface area contributed by atoms with Crippen molar-refractivity contribution in [1.29, 1.82) is 0 Å². The molecule has 0 heterocycles. The van der Waals surface area contributed by atoms with E-state index in [0.29, 0.717) is 11.6 Å². The quantitative estimate of drug-likeness (QED) is 0.584. The number of rotatable bonds is 5. The van der Waals surface area contributed by atoms with E-state index < -0.39 is 0 Å². The highest BCUT2D eigenvalue weighted by molar-refractivity contribution is 6.32. The van der Waals surface area contributed by atoms with Crippen LogP contribution < -0.4 is 4.74 Å². The molecule has 88 valence electrons. The van der Waals surface area contributed by atoms with Gasteiger partial charge in [0.15, 0.2) is 0 Å². The SMILES string of the molecule is CCCOc1ccc(/C=N/N(C)C)cc1Cl. The highest BCUT2D eigenvalue weighted by atomic mass is 35.5. The van der Waals surface area contributed by atoms with E-state index in [9.17, 15) is 0 Å². The maximum atomic E-state index is 6.08. The van der Waals surface area contributed by atoms with Gasteiger partial charge in [-0.2, -0.15) is 5.10 Å². The van der Waals surface area contributed by atoms with Crippen LogP contribution in [0.25, 0.3) is 0 Å².